The van der Waals surface area contributed by atoms with Crippen molar-refractivity contribution >= 4 is 12.0 Å². The molecule has 0 radical (unpaired) electrons. The van der Waals surface area contributed by atoms with Gasteiger partial charge in [0.05, 0.1) is 13.1 Å². The van der Waals surface area contributed by atoms with E-state index in [9.17, 15) is 9.90 Å². The van der Waals surface area contributed by atoms with Crippen LogP contribution in [0.1, 0.15) is 18.1 Å². The molecule has 0 fully saturated rings. The van der Waals surface area contributed by atoms with Crippen LogP contribution in [0.4, 0.5) is 0 Å². The number of hydrogen-bond acceptors (Lipinski definition) is 3. The van der Waals surface area contributed by atoms with Gasteiger partial charge in [-0.25, -0.2) is 0 Å². The maximum atomic E-state index is 10.3. The standard InChI is InChI=1S/C12H14O3/c1-3-9-8-11(15-2)6-4-10(9)5-7-12(13)14/h4-8H,3H2,1-2H3,(H,13,14)/p-1/b7-5+. The van der Waals surface area contributed by atoms with Crippen LogP contribution in [0.2, 0.25) is 0 Å². The van der Waals surface area contributed by atoms with Gasteiger partial charge < -0.3 is 14.6 Å². The summed E-state index contributed by atoms with van der Waals surface area (Å²) in [6, 6.07) is 5.53. The van der Waals surface area contributed by atoms with Crippen LogP contribution in [0.25, 0.3) is 6.08 Å². The number of methoxy groups -OCH3 is 1. The molecule has 0 heterocycles. The summed E-state index contributed by atoms with van der Waals surface area (Å²) in [6.45, 7) is 2.01. The molecule has 1 aromatic rings. The van der Waals surface area contributed by atoms with Crippen LogP contribution in [0.5, 0.6) is 5.75 Å². The van der Waals surface area contributed by atoms with Gasteiger partial charge in [-0.15, -0.1) is 0 Å². The molecule has 3 heteroatoms. The van der Waals surface area contributed by atoms with Crippen molar-refractivity contribution in [3.63, 3.8) is 0 Å². The Hall–Kier alpha value is -1.77. The quantitative estimate of drug-likeness (QED) is 0.689. The highest BCUT2D eigenvalue weighted by Crippen LogP contribution is 2.19. The molecule has 80 valence electrons. The molecule has 0 N–H and O–H groups in total. The second-order valence-electron chi connectivity index (χ2n) is 3.07. The number of carbonyl (C=O) groups excluding carboxylic acids is 1. The summed E-state index contributed by atoms with van der Waals surface area (Å²) in [5.41, 5.74) is 1.93. The minimum Gasteiger partial charge on any atom is -0.545 e. The van der Waals surface area contributed by atoms with Crippen molar-refractivity contribution in [1.82, 2.24) is 0 Å². The van der Waals surface area contributed by atoms with E-state index < -0.39 is 5.97 Å². The number of ether oxygens (including phenoxy) is 1. The summed E-state index contributed by atoms with van der Waals surface area (Å²) in [7, 11) is 1.60. The summed E-state index contributed by atoms with van der Waals surface area (Å²) in [5, 5.41) is 10.3. The molecule has 0 bridgehead atoms. The van der Waals surface area contributed by atoms with Gasteiger partial charge in [0.1, 0.15) is 5.75 Å². The van der Waals surface area contributed by atoms with Crippen molar-refractivity contribution < 1.29 is 14.6 Å². The lowest BCUT2D eigenvalue weighted by molar-refractivity contribution is -0.297. The second-order valence-corrected chi connectivity index (χ2v) is 3.07. The molecular weight excluding hydrogens is 192 g/mol. The van der Waals surface area contributed by atoms with Crippen molar-refractivity contribution in [3.05, 3.63) is 35.4 Å². The Bertz CT molecular complexity index is 380. The Morgan fingerprint density at radius 2 is 2.27 bits per heavy atom. The van der Waals surface area contributed by atoms with Gasteiger partial charge in [-0.1, -0.05) is 19.1 Å². The van der Waals surface area contributed by atoms with E-state index in [4.69, 9.17) is 4.74 Å². The summed E-state index contributed by atoms with van der Waals surface area (Å²) in [5.74, 6) is -0.412. The van der Waals surface area contributed by atoms with Crippen LogP contribution >= 0.6 is 0 Å². The number of carbonyl (C=O) groups is 1. The monoisotopic (exact) mass is 205 g/mol. The van der Waals surface area contributed by atoms with Crippen LogP contribution in [-0.4, -0.2) is 13.1 Å². The molecule has 0 saturated carbocycles. The molecule has 0 amide bonds. The second kappa shape index (κ2) is 5.20. The van der Waals surface area contributed by atoms with E-state index in [0.29, 0.717) is 0 Å². The fourth-order valence-electron chi connectivity index (χ4n) is 1.34. The van der Waals surface area contributed by atoms with Gasteiger partial charge in [0.25, 0.3) is 0 Å². The van der Waals surface area contributed by atoms with Gasteiger partial charge >= 0.3 is 0 Å². The first kappa shape index (κ1) is 11.3. The highest BCUT2D eigenvalue weighted by atomic mass is 16.5. The number of benzene rings is 1. The molecule has 0 saturated heterocycles. The Kier molecular flexibility index (Phi) is 3.92. The lowest BCUT2D eigenvalue weighted by Crippen LogP contribution is -2.18. The van der Waals surface area contributed by atoms with E-state index in [1.807, 2.05) is 19.1 Å². The Morgan fingerprint density at radius 3 is 2.80 bits per heavy atom. The van der Waals surface area contributed by atoms with E-state index in [1.54, 1.807) is 13.2 Å². The molecule has 0 spiro atoms. The number of hydrogen-bond donors (Lipinski definition) is 0. The third-order valence-electron chi connectivity index (χ3n) is 2.13. The van der Waals surface area contributed by atoms with Crippen LogP contribution in [0.15, 0.2) is 24.3 Å². The Balaban J connectivity index is 3.02. The molecule has 0 aromatic heterocycles. The van der Waals surface area contributed by atoms with Gasteiger partial charge in [-0.2, -0.15) is 0 Å². The van der Waals surface area contributed by atoms with Gasteiger partial charge in [-0.05, 0) is 35.8 Å². The van der Waals surface area contributed by atoms with Crippen LogP contribution in [-0.2, 0) is 11.2 Å². The maximum absolute atomic E-state index is 10.3. The SMILES string of the molecule is CCc1cc(OC)ccc1/C=C/C(=O)[O-]. The number of aryl methyl sites for hydroxylation is 1. The van der Waals surface area contributed by atoms with Crippen molar-refractivity contribution in [2.75, 3.05) is 7.11 Å². The van der Waals surface area contributed by atoms with E-state index in [0.717, 1.165) is 29.4 Å². The number of rotatable bonds is 4. The highest BCUT2D eigenvalue weighted by Gasteiger charge is 1.99. The van der Waals surface area contributed by atoms with Crippen molar-refractivity contribution in [3.8, 4) is 5.75 Å². The zero-order valence-corrected chi connectivity index (χ0v) is 8.82. The van der Waals surface area contributed by atoms with Gasteiger partial charge in [0, 0.05) is 0 Å². The van der Waals surface area contributed by atoms with Gasteiger partial charge in [0.2, 0.25) is 0 Å². The zero-order chi connectivity index (χ0) is 11.3. The molecule has 0 aliphatic heterocycles. The lowest BCUT2D eigenvalue weighted by atomic mass is 10.0. The molecular formula is C12H13O3-. The normalized spacial score (nSPS) is 10.5. The molecule has 0 aliphatic rings. The Morgan fingerprint density at radius 1 is 1.53 bits per heavy atom. The first-order chi connectivity index (χ1) is 7.17. The molecule has 15 heavy (non-hydrogen) atoms. The van der Waals surface area contributed by atoms with Crippen LogP contribution < -0.4 is 9.84 Å². The fraction of sp³-hybridized carbons (Fsp3) is 0.250. The topological polar surface area (TPSA) is 49.4 Å². The summed E-state index contributed by atoms with van der Waals surface area (Å²) in [4.78, 5) is 10.3. The lowest BCUT2D eigenvalue weighted by Gasteiger charge is -2.06. The van der Waals surface area contributed by atoms with E-state index >= 15 is 0 Å². The van der Waals surface area contributed by atoms with Gasteiger partial charge in [0.15, 0.2) is 0 Å². The van der Waals surface area contributed by atoms with Crippen molar-refractivity contribution in [1.29, 1.82) is 0 Å². The summed E-state index contributed by atoms with van der Waals surface area (Å²) < 4.78 is 5.08. The third kappa shape index (κ3) is 3.13. The molecule has 1 rings (SSSR count). The summed E-state index contributed by atoms with van der Waals surface area (Å²) in [6.07, 6.45) is 3.39. The number of aliphatic carboxylic acids is 1. The number of carboxylic acid groups (broad SMARTS) is 1. The smallest absolute Gasteiger partial charge is 0.119 e. The third-order valence-corrected chi connectivity index (χ3v) is 2.13. The van der Waals surface area contributed by atoms with Crippen molar-refractivity contribution in [2.45, 2.75) is 13.3 Å². The zero-order valence-electron chi connectivity index (χ0n) is 8.82. The average molecular weight is 205 g/mol. The summed E-state index contributed by atoms with van der Waals surface area (Å²) >= 11 is 0. The largest absolute Gasteiger partial charge is 0.545 e. The number of carboxylic acids is 1. The first-order valence-corrected chi connectivity index (χ1v) is 4.73. The van der Waals surface area contributed by atoms with Crippen LogP contribution in [0, 0.1) is 0 Å². The maximum Gasteiger partial charge on any atom is 0.119 e. The highest BCUT2D eigenvalue weighted by molar-refractivity contribution is 5.83. The minimum absolute atomic E-state index is 0.775. The van der Waals surface area contributed by atoms with E-state index in [2.05, 4.69) is 0 Å². The molecule has 0 atom stereocenters. The first-order valence-electron chi connectivity index (χ1n) is 4.73. The molecule has 0 aliphatic carbocycles. The van der Waals surface area contributed by atoms with E-state index in [-0.39, 0.29) is 0 Å². The Labute approximate surface area is 89.0 Å². The predicted octanol–water partition coefficient (Wildman–Crippen LogP) is 1.02. The predicted molar refractivity (Wildman–Crippen MR) is 56.4 cm³/mol. The van der Waals surface area contributed by atoms with E-state index in [1.165, 1.54) is 6.08 Å². The minimum atomic E-state index is -1.19. The van der Waals surface area contributed by atoms with Gasteiger partial charge in [-0.3, -0.25) is 0 Å². The van der Waals surface area contributed by atoms with Crippen LogP contribution in [0.3, 0.4) is 0 Å². The fourth-order valence-corrected chi connectivity index (χ4v) is 1.34. The average Bonchev–Trinajstić information content (AvgIpc) is 2.25. The molecule has 3 nitrogen and oxygen atoms in total. The molecule has 0 unspecified atom stereocenters. The van der Waals surface area contributed by atoms with Crippen molar-refractivity contribution in [2.24, 2.45) is 0 Å². The molecule has 1 aromatic carbocycles.